The van der Waals surface area contributed by atoms with Crippen LogP contribution in [0.3, 0.4) is 0 Å². The van der Waals surface area contributed by atoms with Gasteiger partial charge in [-0.2, -0.15) is 0 Å². The van der Waals surface area contributed by atoms with Gasteiger partial charge in [-0.1, -0.05) is 45.0 Å². The molecule has 0 aliphatic heterocycles. The number of nitrogens with zero attached hydrogens (tertiary/aromatic N) is 2. The zero-order valence-electron chi connectivity index (χ0n) is 15.0. The molecule has 124 valence electrons. The van der Waals surface area contributed by atoms with Crippen molar-refractivity contribution >= 4 is 5.96 Å². The van der Waals surface area contributed by atoms with Gasteiger partial charge in [-0.15, -0.1) is 0 Å². The molecule has 0 fully saturated rings. The number of aliphatic imine (C=N–C) groups is 1. The van der Waals surface area contributed by atoms with Crippen LogP contribution in [0.2, 0.25) is 0 Å². The van der Waals surface area contributed by atoms with Gasteiger partial charge in [0, 0.05) is 20.1 Å². The Morgan fingerprint density at radius 2 is 1.68 bits per heavy atom. The first-order valence-electron chi connectivity index (χ1n) is 8.17. The van der Waals surface area contributed by atoms with Crippen LogP contribution in [0.15, 0.2) is 29.3 Å². The SMILES string of the molecule is CCc1ccc(C(CNC(=NC)NCC(C)C)N(C)C)cc1. The molecule has 0 radical (unpaired) electrons. The molecule has 0 aromatic heterocycles. The van der Waals surface area contributed by atoms with Crippen molar-refractivity contribution in [1.82, 2.24) is 15.5 Å². The topological polar surface area (TPSA) is 39.7 Å². The molecule has 4 heteroatoms. The Morgan fingerprint density at radius 3 is 2.14 bits per heavy atom. The summed E-state index contributed by atoms with van der Waals surface area (Å²) in [5.41, 5.74) is 2.71. The first-order chi connectivity index (χ1) is 10.5. The lowest BCUT2D eigenvalue weighted by Crippen LogP contribution is -2.42. The summed E-state index contributed by atoms with van der Waals surface area (Å²) in [6.45, 7) is 8.33. The summed E-state index contributed by atoms with van der Waals surface area (Å²) in [5.74, 6) is 1.47. The minimum Gasteiger partial charge on any atom is -0.356 e. The number of rotatable bonds is 7. The predicted molar refractivity (Wildman–Crippen MR) is 96.5 cm³/mol. The summed E-state index contributed by atoms with van der Waals surface area (Å²) in [6.07, 6.45) is 1.08. The van der Waals surface area contributed by atoms with Gasteiger partial charge >= 0.3 is 0 Å². The first-order valence-corrected chi connectivity index (χ1v) is 8.17. The third-order valence-corrected chi connectivity index (χ3v) is 3.76. The third kappa shape index (κ3) is 6.06. The van der Waals surface area contributed by atoms with Crippen molar-refractivity contribution in [2.45, 2.75) is 33.2 Å². The number of benzene rings is 1. The maximum absolute atomic E-state index is 4.29. The highest BCUT2D eigenvalue weighted by atomic mass is 15.2. The molecule has 0 saturated heterocycles. The van der Waals surface area contributed by atoms with Gasteiger partial charge in [0.25, 0.3) is 0 Å². The molecule has 0 bridgehead atoms. The first kappa shape index (κ1) is 18.5. The molecule has 1 unspecified atom stereocenters. The quantitative estimate of drug-likeness (QED) is 0.601. The predicted octanol–water partition coefficient (Wildman–Crippen LogP) is 2.67. The van der Waals surface area contributed by atoms with Crippen LogP contribution in [0.4, 0.5) is 0 Å². The molecule has 0 saturated carbocycles. The van der Waals surface area contributed by atoms with Crippen LogP contribution >= 0.6 is 0 Å². The van der Waals surface area contributed by atoms with Gasteiger partial charge in [-0.25, -0.2) is 0 Å². The van der Waals surface area contributed by atoms with Crippen LogP contribution < -0.4 is 10.6 Å². The average Bonchev–Trinajstić information content (AvgIpc) is 2.50. The molecule has 1 aromatic rings. The van der Waals surface area contributed by atoms with E-state index in [1.54, 1.807) is 0 Å². The third-order valence-electron chi connectivity index (χ3n) is 3.76. The summed E-state index contributed by atoms with van der Waals surface area (Å²) in [5, 5.41) is 6.78. The lowest BCUT2D eigenvalue weighted by molar-refractivity contribution is 0.298. The number of nitrogens with one attached hydrogen (secondary N) is 2. The molecule has 0 aliphatic carbocycles. The molecule has 0 amide bonds. The highest BCUT2D eigenvalue weighted by Crippen LogP contribution is 2.18. The van der Waals surface area contributed by atoms with Crippen LogP contribution in [0.1, 0.15) is 37.9 Å². The Morgan fingerprint density at radius 1 is 1.09 bits per heavy atom. The van der Waals surface area contributed by atoms with Gasteiger partial charge in [0.1, 0.15) is 0 Å². The van der Waals surface area contributed by atoms with E-state index in [1.165, 1.54) is 11.1 Å². The van der Waals surface area contributed by atoms with Gasteiger partial charge in [0.15, 0.2) is 5.96 Å². The Labute approximate surface area is 136 Å². The summed E-state index contributed by atoms with van der Waals surface area (Å²) in [6, 6.07) is 9.23. The Bertz CT molecular complexity index is 449. The van der Waals surface area contributed by atoms with E-state index in [-0.39, 0.29) is 0 Å². The average molecular weight is 304 g/mol. The molecule has 2 N–H and O–H groups in total. The molecular formula is C18H32N4. The van der Waals surface area contributed by atoms with E-state index in [0.29, 0.717) is 12.0 Å². The second-order valence-corrected chi connectivity index (χ2v) is 6.30. The van der Waals surface area contributed by atoms with E-state index in [1.807, 2.05) is 7.05 Å². The fraction of sp³-hybridized carbons (Fsp3) is 0.611. The minimum atomic E-state index is 0.323. The molecular weight excluding hydrogens is 272 g/mol. The summed E-state index contributed by atoms with van der Waals surface area (Å²) in [4.78, 5) is 6.53. The minimum absolute atomic E-state index is 0.323. The van der Waals surface area contributed by atoms with Crippen LogP contribution in [-0.4, -0.2) is 45.1 Å². The van der Waals surface area contributed by atoms with Gasteiger partial charge in [0.05, 0.1) is 6.04 Å². The number of likely N-dealkylation sites (N-methyl/N-ethyl adjacent to an activating group) is 1. The summed E-state index contributed by atoms with van der Waals surface area (Å²) < 4.78 is 0. The normalized spacial score (nSPS) is 13.5. The standard InChI is InChI=1S/C18H32N4/c1-7-15-8-10-16(11-9-15)17(22(5)6)13-21-18(19-4)20-12-14(2)3/h8-11,14,17H,7,12-13H2,1-6H3,(H2,19,20,21). The second-order valence-electron chi connectivity index (χ2n) is 6.30. The lowest BCUT2D eigenvalue weighted by atomic mass is 10.0. The van der Waals surface area contributed by atoms with Crippen molar-refractivity contribution < 1.29 is 0 Å². The Balaban J connectivity index is 2.67. The number of hydrogen-bond donors (Lipinski definition) is 2. The zero-order chi connectivity index (χ0) is 16.5. The molecule has 0 spiro atoms. The van der Waals surface area contributed by atoms with Crippen molar-refractivity contribution in [2.24, 2.45) is 10.9 Å². The molecule has 0 heterocycles. The highest BCUT2D eigenvalue weighted by molar-refractivity contribution is 5.79. The van der Waals surface area contributed by atoms with Gasteiger partial charge < -0.3 is 15.5 Å². The molecule has 1 rings (SSSR count). The van der Waals surface area contributed by atoms with Crippen LogP contribution in [0, 0.1) is 5.92 Å². The highest BCUT2D eigenvalue weighted by Gasteiger charge is 2.14. The maximum atomic E-state index is 4.29. The molecule has 0 aliphatic rings. The second kappa shape index (κ2) is 9.46. The van der Waals surface area contributed by atoms with E-state index >= 15 is 0 Å². The summed E-state index contributed by atoms with van der Waals surface area (Å²) >= 11 is 0. The van der Waals surface area contributed by atoms with E-state index in [4.69, 9.17) is 0 Å². The molecule has 22 heavy (non-hydrogen) atoms. The van der Waals surface area contributed by atoms with Crippen molar-refractivity contribution in [2.75, 3.05) is 34.2 Å². The lowest BCUT2D eigenvalue weighted by Gasteiger charge is -2.26. The molecule has 4 nitrogen and oxygen atoms in total. The number of hydrogen-bond acceptors (Lipinski definition) is 2. The van der Waals surface area contributed by atoms with Gasteiger partial charge in [-0.3, -0.25) is 4.99 Å². The van der Waals surface area contributed by atoms with E-state index in [9.17, 15) is 0 Å². The Hall–Kier alpha value is -1.55. The van der Waals surface area contributed by atoms with Crippen LogP contribution in [0.25, 0.3) is 0 Å². The van der Waals surface area contributed by atoms with Gasteiger partial charge in [-0.05, 0) is 37.6 Å². The fourth-order valence-electron chi connectivity index (χ4n) is 2.29. The molecule has 1 aromatic carbocycles. The monoisotopic (exact) mass is 304 g/mol. The largest absolute Gasteiger partial charge is 0.356 e. The van der Waals surface area contributed by atoms with E-state index < -0.39 is 0 Å². The number of guanidine groups is 1. The van der Waals surface area contributed by atoms with E-state index in [2.05, 4.69) is 79.7 Å². The molecule has 1 atom stereocenters. The van der Waals surface area contributed by atoms with Crippen molar-refractivity contribution in [3.05, 3.63) is 35.4 Å². The van der Waals surface area contributed by atoms with Crippen molar-refractivity contribution in [1.29, 1.82) is 0 Å². The number of aryl methyl sites for hydroxylation is 1. The smallest absolute Gasteiger partial charge is 0.191 e. The summed E-state index contributed by atoms with van der Waals surface area (Å²) in [7, 11) is 6.05. The van der Waals surface area contributed by atoms with E-state index in [0.717, 1.165) is 25.5 Å². The fourth-order valence-corrected chi connectivity index (χ4v) is 2.29. The van der Waals surface area contributed by atoms with Crippen molar-refractivity contribution in [3.63, 3.8) is 0 Å². The van der Waals surface area contributed by atoms with Crippen LogP contribution in [-0.2, 0) is 6.42 Å². The van der Waals surface area contributed by atoms with Gasteiger partial charge in [0.2, 0.25) is 0 Å². The Kier molecular flexibility index (Phi) is 7.96. The maximum Gasteiger partial charge on any atom is 0.191 e. The zero-order valence-corrected chi connectivity index (χ0v) is 15.0. The van der Waals surface area contributed by atoms with Crippen LogP contribution in [0.5, 0.6) is 0 Å². The van der Waals surface area contributed by atoms with Crippen molar-refractivity contribution in [3.8, 4) is 0 Å².